The van der Waals surface area contributed by atoms with Crippen LogP contribution in [-0.2, 0) is 17.1 Å². The predicted molar refractivity (Wildman–Crippen MR) is 87.4 cm³/mol. The molecule has 3 rings (SSSR count). The molecule has 1 heterocycles. The Labute approximate surface area is 152 Å². The summed E-state index contributed by atoms with van der Waals surface area (Å²) in [6.07, 6.45) is 1.33. The zero-order valence-corrected chi connectivity index (χ0v) is 14.6. The van der Waals surface area contributed by atoms with Gasteiger partial charge in [-0.15, -0.1) is 10.2 Å². The molecule has 0 aliphatic rings. The van der Waals surface area contributed by atoms with Gasteiger partial charge >= 0.3 is 10.5 Å². The van der Waals surface area contributed by atoms with E-state index in [1.165, 1.54) is 23.0 Å². The maximum Gasteiger partial charge on any atom is 0.488 e. The first kappa shape index (κ1) is 18.7. The molecule has 1 aromatic heterocycles. The monoisotopic (exact) mass is 399 g/mol. The maximum atomic E-state index is 14.3. The Kier molecular flexibility index (Phi) is 5.04. The van der Waals surface area contributed by atoms with E-state index in [9.17, 15) is 21.1 Å². The highest BCUT2D eigenvalue weighted by atomic mass is 32.3. The molecule has 11 heteroatoms. The van der Waals surface area contributed by atoms with Crippen molar-refractivity contribution < 1.29 is 30.0 Å². The molecule has 0 aliphatic carbocycles. The van der Waals surface area contributed by atoms with Crippen LogP contribution in [0.1, 0.15) is 11.4 Å². The molecule has 7 nitrogen and oxygen atoms in total. The van der Waals surface area contributed by atoms with Gasteiger partial charge in [0.05, 0.1) is 11.3 Å². The van der Waals surface area contributed by atoms with Gasteiger partial charge in [0.15, 0.2) is 0 Å². The fourth-order valence-corrected chi connectivity index (χ4v) is 2.62. The Balaban J connectivity index is 1.74. The largest absolute Gasteiger partial charge is 0.489 e. The molecule has 3 aromatic rings. The van der Waals surface area contributed by atoms with Gasteiger partial charge in [0.25, 0.3) is 0 Å². The van der Waals surface area contributed by atoms with Crippen molar-refractivity contribution in [1.29, 1.82) is 0 Å². The standard InChI is InChI=1S/C16H12F3N3O4S/c1-10-21-20-9-22(10)11-6-15(17)14(16(18)7-11)8-25-12-2-4-13(5-3-12)26-27(19,23)24/h2-7,9H,8H2,1H3. The summed E-state index contributed by atoms with van der Waals surface area (Å²) in [6, 6.07) is 7.06. The molecule has 2 aromatic carbocycles. The summed E-state index contributed by atoms with van der Waals surface area (Å²) in [4.78, 5) is 0. The van der Waals surface area contributed by atoms with Gasteiger partial charge in [0.2, 0.25) is 0 Å². The second-order valence-corrected chi connectivity index (χ2v) is 6.33. The lowest BCUT2D eigenvalue weighted by molar-refractivity contribution is 0.292. The number of rotatable bonds is 6. The number of nitrogens with zero attached hydrogens (tertiary/aromatic N) is 3. The van der Waals surface area contributed by atoms with Crippen molar-refractivity contribution in [2.75, 3.05) is 0 Å². The van der Waals surface area contributed by atoms with E-state index in [1.807, 2.05) is 0 Å². The number of halogens is 3. The van der Waals surface area contributed by atoms with Crippen molar-refractivity contribution in [2.24, 2.45) is 0 Å². The zero-order valence-electron chi connectivity index (χ0n) is 13.8. The summed E-state index contributed by atoms with van der Waals surface area (Å²) in [5.74, 6) is -1.26. The molecular weight excluding hydrogens is 387 g/mol. The van der Waals surface area contributed by atoms with Crippen LogP contribution >= 0.6 is 0 Å². The van der Waals surface area contributed by atoms with E-state index < -0.39 is 28.7 Å². The van der Waals surface area contributed by atoms with Gasteiger partial charge in [0, 0.05) is 0 Å². The van der Waals surface area contributed by atoms with E-state index in [0.717, 1.165) is 24.3 Å². The smallest absolute Gasteiger partial charge is 0.488 e. The Morgan fingerprint density at radius 2 is 1.67 bits per heavy atom. The van der Waals surface area contributed by atoms with E-state index in [0.29, 0.717) is 5.82 Å². The first-order valence-corrected chi connectivity index (χ1v) is 8.75. The van der Waals surface area contributed by atoms with E-state index in [2.05, 4.69) is 14.4 Å². The lowest BCUT2D eigenvalue weighted by Gasteiger charge is -2.11. The van der Waals surface area contributed by atoms with Crippen LogP contribution in [-0.4, -0.2) is 23.2 Å². The highest BCUT2D eigenvalue weighted by molar-refractivity contribution is 7.81. The number of aromatic nitrogens is 3. The minimum Gasteiger partial charge on any atom is -0.489 e. The average molecular weight is 399 g/mol. The fourth-order valence-electron chi connectivity index (χ4n) is 2.27. The molecule has 0 atom stereocenters. The third kappa shape index (κ3) is 4.56. The van der Waals surface area contributed by atoms with Gasteiger partial charge in [-0.25, -0.2) is 8.78 Å². The molecule has 0 aliphatic heterocycles. The fraction of sp³-hybridized carbons (Fsp3) is 0.125. The van der Waals surface area contributed by atoms with Crippen LogP contribution in [0.25, 0.3) is 5.69 Å². The summed E-state index contributed by atoms with van der Waals surface area (Å²) in [6.45, 7) is 1.22. The van der Waals surface area contributed by atoms with Crippen molar-refractivity contribution in [3.8, 4) is 17.2 Å². The number of benzene rings is 2. The Bertz CT molecular complexity index is 1050. The van der Waals surface area contributed by atoms with Crippen molar-refractivity contribution in [3.63, 3.8) is 0 Å². The molecule has 0 amide bonds. The third-order valence-corrected chi connectivity index (χ3v) is 3.92. The first-order valence-electron chi connectivity index (χ1n) is 7.45. The van der Waals surface area contributed by atoms with Crippen LogP contribution in [0.4, 0.5) is 12.7 Å². The number of hydrogen-bond acceptors (Lipinski definition) is 6. The summed E-state index contributed by atoms with van der Waals surface area (Å²) >= 11 is 0. The molecule has 0 bridgehead atoms. The molecule has 0 unspecified atom stereocenters. The van der Waals surface area contributed by atoms with Crippen molar-refractivity contribution >= 4 is 10.5 Å². The molecule has 0 N–H and O–H groups in total. The van der Waals surface area contributed by atoms with Crippen LogP contribution < -0.4 is 8.92 Å². The second kappa shape index (κ2) is 7.27. The molecule has 0 spiro atoms. The lowest BCUT2D eigenvalue weighted by atomic mass is 10.2. The molecule has 27 heavy (non-hydrogen) atoms. The van der Waals surface area contributed by atoms with Crippen LogP contribution in [0.5, 0.6) is 11.5 Å². The lowest BCUT2D eigenvalue weighted by Crippen LogP contribution is -2.05. The van der Waals surface area contributed by atoms with Gasteiger partial charge in [-0.05, 0) is 43.3 Å². The van der Waals surface area contributed by atoms with Crippen LogP contribution in [0, 0.1) is 18.6 Å². The normalized spacial score (nSPS) is 11.4. The van der Waals surface area contributed by atoms with Crippen LogP contribution in [0.2, 0.25) is 0 Å². The molecule has 0 fully saturated rings. The van der Waals surface area contributed by atoms with E-state index in [1.54, 1.807) is 6.92 Å². The SMILES string of the molecule is Cc1nncn1-c1cc(F)c(COc2ccc(OS(=O)(=O)F)cc2)c(F)c1. The van der Waals surface area contributed by atoms with Gasteiger partial charge in [-0.2, -0.15) is 8.42 Å². The second-order valence-electron chi connectivity index (χ2n) is 5.37. The third-order valence-electron chi connectivity index (χ3n) is 3.52. The predicted octanol–water partition coefficient (Wildman–Crippen LogP) is 3.03. The van der Waals surface area contributed by atoms with E-state index >= 15 is 0 Å². The van der Waals surface area contributed by atoms with Crippen LogP contribution in [0.3, 0.4) is 0 Å². The van der Waals surface area contributed by atoms with Crippen molar-refractivity contribution in [2.45, 2.75) is 13.5 Å². The topological polar surface area (TPSA) is 83.3 Å². The minimum atomic E-state index is -5.13. The van der Waals surface area contributed by atoms with Gasteiger partial charge in [-0.3, -0.25) is 4.57 Å². The molecule has 0 radical (unpaired) electrons. The summed E-state index contributed by atoms with van der Waals surface area (Å²) < 4.78 is 72.5. The van der Waals surface area contributed by atoms with Gasteiger partial charge in [-0.1, -0.05) is 3.89 Å². The Morgan fingerprint density at radius 1 is 1.07 bits per heavy atom. The zero-order chi connectivity index (χ0) is 19.6. The van der Waals surface area contributed by atoms with Crippen molar-refractivity contribution in [3.05, 3.63) is 65.7 Å². The van der Waals surface area contributed by atoms with E-state index in [4.69, 9.17) is 4.74 Å². The molecule has 142 valence electrons. The number of aryl methyl sites for hydroxylation is 1. The highest BCUT2D eigenvalue weighted by Crippen LogP contribution is 2.23. The van der Waals surface area contributed by atoms with Crippen LogP contribution in [0.15, 0.2) is 42.7 Å². The molecule has 0 saturated heterocycles. The quantitative estimate of drug-likeness (QED) is 0.593. The summed E-state index contributed by atoms with van der Waals surface area (Å²) in [5.41, 5.74) is -0.0682. The van der Waals surface area contributed by atoms with Gasteiger partial charge < -0.3 is 8.92 Å². The number of ether oxygens (including phenoxy) is 1. The molecule has 0 saturated carbocycles. The average Bonchev–Trinajstić information content (AvgIpc) is 3.00. The Hall–Kier alpha value is -3.08. The molecular formula is C16H12F3N3O4S. The maximum absolute atomic E-state index is 14.3. The summed E-state index contributed by atoms with van der Waals surface area (Å²) in [5, 5.41) is 7.41. The van der Waals surface area contributed by atoms with Gasteiger partial charge in [0.1, 0.15) is 41.9 Å². The Morgan fingerprint density at radius 3 is 2.19 bits per heavy atom. The highest BCUT2D eigenvalue weighted by Gasteiger charge is 2.15. The van der Waals surface area contributed by atoms with Crippen molar-refractivity contribution in [1.82, 2.24) is 14.8 Å². The van der Waals surface area contributed by atoms with E-state index in [-0.39, 0.29) is 22.7 Å². The summed E-state index contributed by atoms with van der Waals surface area (Å²) in [7, 11) is -5.13. The number of hydrogen-bond donors (Lipinski definition) is 0. The first-order chi connectivity index (χ1) is 12.7. The minimum absolute atomic E-state index is 0.177.